The minimum Gasteiger partial charge on any atom is -0.355 e. The maximum Gasteiger partial charge on any atom is 0.242 e. The molecule has 0 saturated carbocycles. The molecule has 20 heavy (non-hydrogen) atoms. The Hall–Kier alpha value is -1.62. The van der Waals surface area contributed by atoms with Gasteiger partial charge >= 0.3 is 0 Å². The van der Waals surface area contributed by atoms with Gasteiger partial charge in [-0.3, -0.25) is 4.79 Å². The second-order valence-corrected chi connectivity index (χ2v) is 6.07. The van der Waals surface area contributed by atoms with E-state index in [9.17, 15) is 13.2 Å². The molecule has 0 saturated heterocycles. The Balaban J connectivity index is 2.80. The van der Waals surface area contributed by atoms with Crippen molar-refractivity contribution in [3.05, 3.63) is 28.8 Å². The molecule has 0 aliphatic heterocycles. The number of benzene rings is 1. The lowest BCUT2D eigenvalue weighted by molar-refractivity contribution is -0.119. The van der Waals surface area contributed by atoms with Gasteiger partial charge < -0.3 is 5.32 Å². The van der Waals surface area contributed by atoms with E-state index < -0.39 is 15.9 Å². The van der Waals surface area contributed by atoms with E-state index in [0.717, 1.165) is 6.42 Å². The molecule has 8 heteroatoms. The normalized spacial score (nSPS) is 10.8. The molecule has 0 bridgehead atoms. The van der Waals surface area contributed by atoms with Crippen LogP contribution in [0.15, 0.2) is 23.1 Å². The Morgan fingerprint density at radius 2 is 2.15 bits per heavy atom. The van der Waals surface area contributed by atoms with E-state index in [1.807, 2.05) is 13.0 Å². The monoisotopic (exact) mass is 315 g/mol. The fourth-order valence-electron chi connectivity index (χ4n) is 1.35. The van der Waals surface area contributed by atoms with Crippen LogP contribution in [0.25, 0.3) is 0 Å². The highest BCUT2D eigenvalue weighted by atomic mass is 35.5. The summed E-state index contributed by atoms with van der Waals surface area (Å²) in [5, 5.41) is 11.2. The second-order valence-electron chi connectivity index (χ2n) is 3.93. The van der Waals surface area contributed by atoms with Gasteiger partial charge in [0, 0.05) is 6.54 Å². The molecule has 0 aliphatic rings. The highest BCUT2D eigenvalue weighted by Crippen LogP contribution is 2.22. The van der Waals surface area contributed by atoms with Crippen LogP contribution in [0.2, 0.25) is 5.02 Å². The largest absolute Gasteiger partial charge is 0.355 e. The molecule has 0 fully saturated rings. The SMILES string of the molecule is CCCNC(=O)CNS(=O)(=O)c1ccc(C#N)cc1Cl. The quantitative estimate of drug-likeness (QED) is 0.818. The van der Waals surface area contributed by atoms with Gasteiger partial charge in [-0.15, -0.1) is 0 Å². The highest BCUT2D eigenvalue weighted by molar-refractivity contribution is 7.89. The number of hydrogen-bond acceptors (Lipinski definition) is 4. The molecule has 2 N–H and O–H groups in total. The molecule has 108 valence electrons. The van der Waals surface area contributed by atoms with Crippen LogP contribution < -0.4 is 10.0 Å². The zero-order valence-corrected chi connectivity index (χ0v) is 12.4. The third-order valence-electron chi connectivity index (χ3n) is 2.35. The topological polar surface area (TPSA) is 99.1 Å². The first-order valence-corrected chi connectivity index (χ1v) is 7.73. The minimum absolute atomic E-state index is 0.0643. The van der Waals surface area contributed by atoms with Crippen molar-refractivity contribution in [3.8, 4) is 6.07 Å². The van der Waals surface area contributed by atoms with Crippen LogP contribution in [0.1, 0.15) is 18.9 Å². The van der Waals surface area contributed by atoms with Crippen molar-refractivity contribution in [2.45, 2.75) is 18.2 Å². The fraction of sp³-hybridized carbons (Fsp3) is 0.333. The van der Waals surface area contributed by atoms with Crippen LogP contribution in [0, 0.1) is 11.3 Å². The third-order valence-corrected chi connectivity index (χ3v) is 4.23. The third kappa shape index (κ3) is 4.49. The molecule has 0 unspecified atom stereocenters. The van der Waals surface area contributed by atoms with E-state index in [2.05, 4.69) is 10.0 Å². The van der Waals surface area contributed by atoms with E-state index >= 15 is 0 Å². The van der Waals surface area contributed by atoms with Gasteiger partial charge in [-0.2, -0.15) is 5.26 Å². The van der Waals surface area contributed by atoms with Crippen LogP contribution in [-0.4, -0.2) is 27.4 Å². The Bertz CT molecular complexity index is 638. The molecule has 1 rings (SSSR count). The summed E-state index contributed by atoms with van der Waals surface area (Å²) in [7, 11) is -3.89. The van der Waals surface area contributed by atoms with Crippen molar-refractivity contribution < 1.29 is 13.2 Å². The van der Waals surface area contributed by atoms with Crippen LogP contribution in [-0.2, 0) is 14.8 Å². The molecular weight excluding hydrogens is 302 g/mol. The predicted octanol–water partition coefficient (Wildman–Crippen LogP) is 1.02. The lowest BCUT2D eigenvalue weighted by atomic mass is 10.2. The van der Waals surface area contributed by atoms with E-state index in [0.29, 0.717) is 6.54 Å². The summed E-state index contributed by atoms with van der Waals surface area (Å²) in [6.07, 6.45) is 0.764. The summed E-state index contributed by atoms with van der Waals surface area (Å²) < 4.78 is 26.1. The number of hydrogen-bond donors (Lipinski definition) is 2. The summed E-state index contributed by atoms with van der Waals surface area (Å²) in [5.41, 5.74) is 0.259. The molecule has 6 nitrogen and oxygen atoms in total. The summed E-state index contributed by atoms with van der Waals surface area (Å²) in [6, 6.07) is 5.69. The molecule has 0 atom stereocenters. The Morgan fingerprint density at radius 1 is 1.45 bits per heavy atom. The molecule has 1 aromatic rings. The number of nitrogens with one attached hydrogen (secondary N) is 2. The van der Waals surface area contributed by atoms with Crippen LogP contribution in [0.3, 0.4) is 0 Å². The van der Waals surface area contributed by atoms with Gasteiger partial charge in [-0.25, -0.2) is 13.1 Å². The number of carbonyl (C=O) groups is 1. The molecule has 0 spiro atoms. The first-order chi connectivity index (χ1) is 9.40. The second kappa shape index (κ2) is 7.24. The molecule has 0 aromatic heterocycles. The highest BCUT2D eigenvalue weighted by Gasteiger charge is 2.19. The number of nitriles is 1. The number of sulfonamides is 1. The molecule has 0 aliphatic carbocycles. The Kier molecular flexibility index (Phi) is 5.95. The summed E-state index contributed by atoms with van der Waals surface area (Å²) in [4.78, 5) is 11.2. The van der Waals surface area contributed by atoms with E-state index in [4.69, 9.17) is 16.9 Å². The molecule has 0 heterocycles. The van der Waals surface area contributed by atoms with Crippen molar-refractivity contribution in [2.75, 3.05) is 13.1 Å². The predicted molar refractivity (Wildman–Crippen MR) is 74.7 cm³/mol. The van der Waals surface area contributed by atoms with E-state index in [1.54, 1.807) is 0 Å². The van der Waals surface area contributed by atoms with Crippen LogP contribution in [0.4, 0.5) is 0 Å². The Morgan fingerprint density at radius 3 is 2.70 bits per heavy atom. The lowest BCUT2D eigenvalue weighted by Crippen LogP contribution is -2.37. The summed E-state index contributed by atoms with van der Waals surface area (Å²) in [6.45, 7) is 2.01. The zero-order chi connectivity index (χ0) is 15.2. The first-order valence-electron chi connectivity index (χ1n) is 5.86. The molecular formula is C12H14ClN3O3S. The van der Waals surface area contributed by atoms with Gasteiger partial charge in [-0.05, 0) is 24.6 Å². The maximum atomic E-state index is 12.0. The number of halogens is 1. The van der Waals surface area contributed by atoms with Gasteiger partial charge in [0.05, 0.1) is 23.2 Å². The van der Waals surface area contributed by atoms with Crippen molar-refractivity contribution in [3.63, 3.8) is 0 Å². The van der Waals surface area contributed by atoms with Gasteiger partial charge in [0.2, 0.25) is 15.9 Å². The van der Waals surface area contributed by atoms with E-state index in [1.165, 1.54) is 18.2 Å². The Labute approximate surface area is 122 Å². The van der Waals surface area contributed by atoms with Gasteiger partial charge in [0.25, 0.3) is 0 Å². The molecule has 0 radical (unpaired) electrons. The van der Waals surface area contributed by atoms with Gasteiger partial charge in [0.1, 0.15) is 4.90 Å². The average molecular weight is 316 g/mol. The zero-order valence-electron chi connectivity index (χ0n) is 10.8. The summed E-state index contributed by atoms with van der Waals surface area (Å²) >= 11 is 5.82. The summed E-state index contributed by atoms with van der Waals surface area (Å²) in [5.74, 6) is -0.416. The lowest BCUT2D eigenvalue weighted by Gasteiger charge is -2.08. The van der Waals surface area contributed by atoms with Crippen LogP contribution >= 0.6 is 11.6 Å². The number of amides is 1. The molecule has 1 aromatic carbocycles. The minimum atomic E-state index is -3.89. The average Bonchev–Trinajstić information content (AvgIpc) is 2.42. The van der Waals surface area contributed by atoms with Crippen LogP contribution in [0.5, 0.6) is 0 Å². The van der Waals surface area contributed by atoms with Crippen molar-refractivity contribution in [1.82, 2.24) is 10.0 Å². The van der Waals surface area contributed by atoms with Crippen molar-refractivity contribution >= 4 is 27.5 Å². The van der Waals surface area contributed by atoms with Crippen molar-refractivity contribution in [2.24, 2.45) is 0 Å². The number of rotatable bonds is 6. The van der Waals surface area contributed by atoms with Gasteiger partial charge in [-0.1, -0.05) is 18.5 Å². The first kappa shape index (κ1) is 16.4. The molecule has 1 amide bonds. The van der Waals surface area contributed by atoms with Crippen molar-refractivity contribution in [1.29, 1.82) is 5.26 Å². The maximum absolute atomic E-state index is 12.0. The number of nitrogens with zero attached hydrogens (tertiary/aromatic N) is 1. The number of carbonyl (C=O) groups excluding carboxylic acids is 1. The standard InChI is InChI=1S/C12H14ClN3O3S/c1-2-5-15-12(17)8-16-20(18,19)11-4-3-9(7-14)6-10(11)13/h3-4,6,16H,2,5,8H2,1H3,(H,15,17). The fourth-order valence-corrected chi connectivity index (χ4v) is 2.88. The van der Waals surface area contributed by atoms with Gasteiger partial charge in [0.15, 0.2) is 0 Å². The van der Waals surface area contributed by atoms with E-state index in [-0.39, 0.29) is 22.0 Å². The smallest absolute Gasteiger partial charge is 0.242 e.